The second kappa shape index (κ2) is 6.04. The maximum Gasteiger partial charge on any atom is 0.101 e. The standard InChI is InChI=1S/C13H16BrN3/c14-12-1-2-13(11(7-12)8-15)17-9-10-3-5-16-6-4-10/h1-2,7,10,16-17H,3-6,9H2. The van der Waals surface area contributed by atoms with Crippen molar-refractivity contribution in [3.05, 3.63) is 28.2 Å². The Labute approximate surface area is 110 Å². The Kier molecular flexibility index (Phi) is 4.41. The van der Waals surface area contributed by atoms with Crippen molar-refractivity contribution in [2.45, 2.75) is 12.8 Å². The lowest BCUT2D eigenvalue weighted by Crippen LogP contribution is -2.31. The molecule has 90 valence electrons. The maximum atomic E-state index is 9.06. The maximum absolute atomic E-state index is 9.06. The molecule has 1 aliphatic rings. The summed E-state index contributed by atoms with van der Waals surface area (Å²) >= 11 is 3.38. The van der Waals surface area contributed by atoms with E-state index in [2.05, 4.69) is 32.6 Å². The van der Waals surface area contributed by atoms with E-state index in [0.717, 1.165) is 29.8 Å². The summed E-state index contributed by atoms with van der Waals surface area (Å²) in [5, 5.41) is 15.8. The summed E-state index contributed by atoms with van der Waals surface area (Å²) in [6, 6.07) is 8.00. The molecule has 0 amide bonds. The lowest BCUT2D eigenvalue weighted by Gasteiger charge is -2.23. The van der Waals surface area contributed by atoms with Crippen LogP contribution in [-0.2, 0) is 0 Å². The highest BCUT2D eigenvalue weighted by molar-refractivity contribution is 9.10. The van der Waals surface area contributed by atoms with Crippen LogP contribution in [0.15, 0.2) is 22.7 Å². The summed E-state index contributed by atoms with van der Waals surface area (Å²) in [5.74, 6) is 0.714. The summed E-state index contributed by atoms with van der Waals surface area (Å²) in [4.78, 5) is 0. The fourth-order valence-electron chi connectivity index (χ4n) is 2.10. The minimum absolute atomic E-state index is 0.702. The zero-order chi connectivity index (χ0) is 12.1. The van der Waals surface area contributed by atoms with Crippen molar-refractivity contribution in [3.63, 3.8) is 0 Å². The molecule has 1 saturated heterocycles. The minimum Gasteiger partial charge on any atom is -0.384 e. The van der Waals surface area contributed by atoms with Crippen LogP contribution in [0.3, 0.4) is 0 Å². The van der Waals surface area contributed by atoms with Gasteiger partial charge in [-0.3, -0.25) is 0 Å². The highest BCUT2D eigenvalue weighted by atomic mass is 79.9. The average Bonchev–Trinajstić information content (AvgIpc) is 2.38. The highest BCUT2D eigenvalue weighted by Gasteiger charge is 2.13. The Balaban J connectivity index is 1.96. The second-order valence-corrected chi connectivity index (χ2v) is 5.29. The average molecular weight is 294 g/mol. The lowest BCUT2D eigenvalue weighted by atomic mass is 9.98. The Morgan fingerprint density at radius 3 is 2.88 bits per heavy atom. The van der Waals surface area contributed by atoms with E-state index in [0.29, 0.717) is 11.5 Å². The minimum atomic E-state index is 0.702. The molecule has 0 saturated carbocycles. The van der Waals surface area contributed by atoms with E-state index in [1.54, 1.807) is 0 Å². The van der Waals surface area contributed by atoms with Crippen LogP contribution in [0.4, 0.5) is 5.69 Å². The molecule has 2 N–H and O–H groups in total. The Morgan fingerprint density at radius 2 is 2.18 bits per heavy atom. The molecule has 0 aromatic heterocycles. The first kappa shape index (κ1) is 12.4. The summed E-state index contributed by atoms with van der Waals surface area (Å²) in [6.45, 7) is 3.17. The van der Waals surface area contributed by atoms with Crippen molar-refractivity contribution in [1.82, 2.24) is 5.32 Å². The predicted octanol–water partition coefficient (Wildman–Crippen LogP) is 2.73. The molecule has 17 heavy (non-hydrogen) atoms. The number of hydrogen-bond donors (Lipinski definition) is 2. The van der Waals surface area contributed by atoms with Crippen molar-refractivity contribution in [2.24, 2.45) is 5.92 Å². The smallest absolute Gasteiger partial charge is 0.101 e. The highest BCUT2D eigenvalue weighted by Crippen LogP contribution is 2.21. The van der Waals surface area contributed by atoms with Crippen molar-refractivity contribution in [2.75, 3.05) is 25.0 Å². The first-order valence-corrected chi connectivity index (χ1v) is 6.73. The third-order valence-corrected chi connectivity index (χ3v) is 3.64. The fraction of sp³-hybridized carbons (Fsp3) is 0.462. The van der Waals surface area contributed by atoms with Crippen LogP contribution in [0.25, 0.3) is 0 Å². The molecule has 2 rings (SSSR count). The van der Waals surface area contributed by atoms with Crippen molar-refractivity contribution in [1.29, 1.82) is 5.26 Å². The van der Waals surface area contributed by atoms with Gasteiger partial charge >= 0.3 is 0 Å². The number of nitrogens with zero attached hydrogens (tertiary/aromatic N) is 1. The zero-order valence-electron chi connectivity index (χ0n) is 9.67. The largest absolute Gasteiger partial charge is 0.384 e. The molecular weight excluding hydrogens is 278 g/mol. The number of hydrogen-bond acceptors (Lipinski definition) is 3. The molecule has 1 aromatic carbocycles. The van der Waals surface area contributed by atoms with Crippen LogP contribution in [-0.4, -0.2) is 19.6 Å². The first-order valence-electron chi connectivity index (χ1n) is 5.94. The van der Waals surface area contributed by atoms with Crippen LogP contribution >= 0.6 is 15.9 Å². The van der Waals surface area contributed by atoms with E-state index in [1.807, 2.05) is 18.2 Å². The molecule has 3 nitrogen and oxygen atoms in total. The van der Waals surface area contributed by atoms with Gasteiger partial charge in [0.2, 0.25) is 0 Å². The van der Waals surface area contributed by atoms with Crippen LogP contribution in [0.5, 0.6) is 0 Å². The van der Waals surface area contributed by atoms with Crippen LogP contribution in [0.2, 0.25) is 0 Å². The number of halogens is 1. The van der Waals surface area contributed by atoms with Gasteiger partial charge in [-0.25, -0.2) is 0 Å². The number of benzene rings is 1. The summed E-state index contributed by atoms with van der Waals surface area (Å²) < 4.78 is 0.946. The quantitative estimate of drug-likeness (QED) is 0.901. The normalized spacial score (nSPS) is 16.5. The van der Waals surface area contributed by atoms with E-state index in [1.165, 1.54) is 12.8 Å². The number of piperidine rings is 1. The molecular formula is C13H16BrN3. The third kappa shape index (κ3) is 3.45. The van der Waals surface area contributed by atoms with Gasteiger partial charge < -0.3 is 10.6 Å². The Bertz CT molecular complexity index is 419. The predicted molar refractivity (Wildman–Crippen MR) is 72.9 cm³/mol. The second-order valence-electron chi connectivity index (χ2n) is 4.38. The van der Waals surface area contributed by atoms with E-state index in [9.17, 15) is 0 Å². The van der Waals surface area contributed by atoms with Crippen LogP contribution in [0.1, 0.15) is 18.4 Å². The van der Waals surface area contributed by atoms with Crippen LogP contribution < -0.4 is 10.6 Å². The van der Waals surface area contributed by atoms with Gasteiger partial charge in [-0.1, -0.05) is 15.9 Å². The summed E-state index contributed by atoms with van der Waals surface area (Å²) in [7, 11) is 0. The van der Waals surface area contributed by atoms with Gasteiger partial charge in [0.05, 0.1) is 11.3 Å². The molecule has 0 aliphatic carbocycles. The van der Waals surface area contributed by atoms with E-state index >= 15 is 0 Å². The van der Waals surface area contributed by atoms with E-state index < -0.39 is 0 Å². The molecule has 1 aliphatic heterocycles. The number of anilines is 1. The van der Waals surface area contributed by atoms with Gasteiger partial charge in [0.25, 0.3) is 0 Å². The van der Waals surface area contributed by atoms with Gasteiger partial charge in [0.15, 0.2) is 0 Å². The molecule has 1 fully saturated rings. The molecule has 1 heterocycles. The molecule has 0 radical (unpaired) electrons. The van der Waals surface area contributed by atoms with E-state index in [-0.39, 0.29) is 0 Å². The lowest BCUT2D eigenvalue weighted by molar-refractivity contribution is 0.390. The SMILES string of the molecule is N#Cc1cc(Br)ccc1NCC1CCNCC1. The monoisotopic (exact) mass is 293 g/mol. The van der Waals surface area contributed by atoms with Gasteiger partial charge in [0.1, 0.15) is 6.07 Å². The topological polar surface area (TPSA) is 47.9 Å². The van der Waals surface area contributed by atoms with E-state index in [4.69, 9.17) is 5.26 Å². The number of nitrogens with one attached hydrogen (secondary N) is 2. The van der Waals surface area contributed by atoms with Gasteiger partial charge in [-0.2, -0.15) is 5.26 Å². The molecule has 0 spiro atoms. The number of rotatable bonds is 3. The van der Waals surface area contributed by atoms with Gasteiger partial charge in [-0.05, 0) is 50.0 Å². The van der Waals surface area contributed by atoms with Crippen molar-refractivity contribution in [3.8, 4) is 6.07 Å². The van der Waals surface area contributed by atoms with Crippen molar-refractivity contribution >= 4 is 21.6 Å². The Hall–Kier alpha value is -1.05. The molecule has 0 atom stereocenters. The van der Waals surface area contributed by atoms with Gasteiger partial charge in [-0.15, -0.1) is 0 Å². The molecule has 4 heteroatoms. The van der Waals surface area contributed by atoms with Gasteiger partial charge in [0, 0.05) is 11.0 Å². The molecule has 0 unspecified atom stereocenters. The zero-order valence-corrected chi connectivity index (χ0v) is 11.3. The first-order chi connectivity index (χ1) is 8.29. The Morgan fingerprint density at radius 1 is 1.41 bits per heavy atom. The fourth-order valence-corrected chi connectivity index (χ4v) is 2.46. The molecule has 0 bridgehead atoms. The summed E-state index contributed by atoms with van der Waals surface area (Å²) in [6.07, 6.45) is 2.43. The number of nitriles is 1. The van der Waals surface area contributed by atoms with Crippen molar-refractivity contribution < 1.29 is 0 Å². The summed E-state index contributed by atoms with van der Waals surface area (Å²) in [5.41, 5.74) is 1.64. The third-order valence-electron chi connectivity index (χ3n) is 3.14. The molecule has 1 aromatic rings. The van der Waals surface area contributed by atoms with Crippen LogP contribution in [0, 0.1) is 17.2 Å².